The molecule has 0 unspecified atom stereocenters. The normalized spacial score (nSPS) is 27.1. The number of hydrogen-bond donors (Lipinski definition) is 1. The molecule has 0 heterocycles. The van der Waals surface area contributed by atoms with Crippen molar-refractivity contribution >= 4 is 0 Å². The summed E-state index contributed by atoms with van der Waals surface area (Å²) in [5, 5.41) is 3.48. The number of terminal acetylenes is 1. The van der Waals surface area contributed by atoms with Gasteiger partial charge in [-0.05, 0) is 32.2 Å². The van der Waals surface area contributed by atoms with Crippen molar-refractivity contribution in [3.05, 3.63) is 0 Å². The SMILES string of the molecule is C#CCCOC1CCC(NCC)CC1. The number of nitrogens with one attached hydrogen (secondary N) is 1. The zero-order valence-corrected chi connectivity index (χ0v) is 9.09. The van der Waals surface area contributed by atoms with E-state index in [4.69, 9.17) is 11.2 Å². The van der Waals surface area contributed by atoms with Crippen molar-refractivity contribution in [3.63, 3.8) is 0 Å². The van der Waals surface area contributed by atoms with Gasteiger partial charge in [-0.1, -0.05) is 6.92 Å². The summed E-state index contributed by atoms with van der Waals surface area (Å²) < 4.78 is 5.68. The van der Waals surface area contributed by atoms with Gasteiger partial charge >= 0.3 is 0 Å². The van der Waals surface area contributed by atoms with Crippen molar-refractivity contribution in [3.8, 4) is 12.3 Å². The van der Waals surface area contributed by atoms with Gasteiger partial charge in [0.05, 0.1) is 12.7 Å². The predicted octanol–water partition coefficient (Wildman–Crippen LogP) is 1.95. The van der Waals surface area contributed by atoms with E-state index in [2.05, 4.69) is 18.2 Å². The highest BCUT2D eigenvalue weighted by molar-refractivity contribution is 4.83. The van der Waals surface area contributed by atoms with E-state index in [1.54, 1.807) is 0 Å². The van der Waals surface area contributed by atoms with Crippen molar-refractivity contribution < 1.29 is 4.74 Å². The molecular formula is C12H21NO. The molecule has 0 aromatic carbocycles. The zero-order valence-electron chi connectivity index (χ0n) is 9.09. The fraction of sp³-hybridized carbons (Fsp3) is 0.833. The van der Waals surface area contributed by atoms with Gasteiger partial charge < -0.3 is 10.1 Å². The molecule has 0 radical (unpaired) electrons. The first kappa shape index (κ1) is 11.6. The smallest absolute Gasteiger partial charge is 0.0579 e. The Kier molecular flexibility index (Phi) is 5.66. The van der Waals surface area contributed by atoms with Gasteiger partial charge in [0.25, 0.3) is 0 Å². The van der Waals surface area contributed by atoms with Crippen LogP contribution < -0.4 is 5.32 Å². The molecule has 80 valence electrons. The molecular weight excluding hydrogens is 174 g/mol. The van der Waals surface area contributed by atoms with Crippen molar-refractivity contribution in [2.24, 2.45) is 0 Å². The van der Waals surface area contributed by atoms with E-state index in [9.17, 15) is 0 Å². The highest BCUT2D eigenvalue weighted by Gasteiger charge is 2.20. The highest BCUT2D eigenvalue weighted by atomic mass is 16.5. The van der Waals surface area contributed by atoms with Crippen LogP contribution >= 0.6 is 0 Å². The topological polar surface area (TPSA) is 21.3 Å². The Morgan fingerprint density at radius 2 is 2.07 bits per heavy atom. The molecule has 1 aliphatic rings. The molecule has 1 fully saturated rings. The van der Waals surface area contributed by atoms with Crippen molar-refractivity contribution in [2.75, 3.05) is 13.2 Å². The molecule has 0 bridgehead atoms. The minimum Gasteiger partial charge on any atom is -0.377 e. The Bertz CT molecular complexity index is 177. The summed E-state index contributed by atoms with van der Waals surface area (Å²) in [5.74, 6) is 2.60. The van der Waals surface area contributed by atoms with Crippen LogP contribution in [0.3, 0.4) is 0 Å². The van der Waals surface area contributed by atoms with Gasteiger partial charge in [0.2, 0.25) is 0 Å². The van der Waals surface area contributed by atoms with Gasteiger partial charge in [-0.25, -0.2) is 0 Å². The third-order valence-corrected chi connectivity index (χ3v) is 2.77. The summed E-state index contributed by atoms with van der Waals surface area (Å²) in [7, 11) is 0. The summed E-state index contributed by atoms with van der Waals surface area (Å²) in [6.45, 7) is 3.97. The standard InChI is InChI=1S/C12H21NO/c1-3-5-10-14-12-8-6-11(7-9-12)13-4-2/h1,11-13H,4-10H2,2H3. The first-order valence-corrected chi connectivity index (χ1v) is 5.65. The Balaban J connectivity index is 2.07. The lowest BCUT2D eigenvalue weighted by atomic mass is 9.93. The number of hydrogen-bond acceptors (Lipinski definition) is 2. The predicted molar refractivity (Wildman–Crippen MR) is 59.1 cm³/mol. The monoisotopic (exact) mass is 195 g/mol. The summed E-state index contributed by atoms with van der Waals surface area (Å²) >= 11 is 0. The van der Waals surface area contributed by atoms with E-state index in [0.717, 1.165) is 19.6 Å². The number of rotatable bonds is 5. The van der Waals surface area contributed by atoms with Crippen LogP contribution in [0.1, 0.15) is 39.0 Å². The molecule has 0 aromatic heterocycles. The number of ether oxygens (including phenoxy) is 1. The van der Waals surface area contributed by atoms with Crippen LogP contribution in [0.25, 0.3) is 0 Å². The van der Waals surface area contributed by atoms with E-state index in [1.807, 2.05) is 0 Å². The van der Waals surface area contributed by atoms with Crippen LogP contribution in [0.5, 0.6) is 0 Å². The van der Waals surface area contributed by atoms with Crippen LogP contribution in [0.2, 0.25) is 0 Å². The summed E-state index contributed by atoms with van der Waals surface area (Å²) in [6, 6.07) is 0.715. The second kappa shape index (κ2) is 6.86. The molecule has 0 spiro atoms. The molecule has 2 nitrogen and oxygen atoms in total. The largest absolute Gasteiger partial charge is 0.377 e. The van der Waals surface area contributed by atoms with E-state index >= 15 is 0 Å². The molecule has 0 atom stereocenters. The maximum Gasteiger partial charge on any atom is 0.0579 e. The van der Waals surface area contributed by atoms with E-state index in [0.29, 0.717) is 12.1 Å². The lowest BCUT2D eigenvalue weighted by Gasteiger charge is -2.28. The van der Waals surface area contributed by atoms with Crippen molar-refractivity contribution in [2.45, 2.75) is 51.2 Å². The average molecular weight is 195 g/mol. The fourth-order valence-electron chi connectivity index (χ4n) is 2.01. The van der Waals surface area contributed by atoms with E-state index in [-0.39, 0.29) is 0 Å². The lowest BCUT2D eigenvalue weighted by molar-refractivity contribution is 0.0260. The molecule has 2 heteroatoms. The molecule has 1 rings (SSSR count). The van der Waals surface area contributed by atoms with Crippen LogP contribution in [-0.2, 0) is 4.74 Å². The van der Waals surface area contributed by atoms with Gasteiger partial charge in [-0.2, -0.15) is 0 Å². The second-order valence-electron chi connectivity index (χ2n) is 3.86. The zero-order chi connectivity index (χ0) is 10.2. The van der Waals surface area contributed by atoms with Crippen LogP contribution in [0.15, 0.2) is 0 Å². The highest BCUT2D eigenvalue weighted by Crippen LogP contribution is 2.21. The van der Waals surface area contributed by atoms with Gasteiger partial charge in [-0.3, -0.25) is 0 Å². The third kappa shape index (κ3) is 4.13. The fourth-order valence-corrected chi connectivity index (χ4v) is 2.01. The maximum atomic E-state index is 5.68. The minimum absolute atomic E-state index is 0.457. The molecule has 0 aliphatic heterocycles. The van der Waals surface area contributed by atoms with Crippen molar-refractivity contribution in [1.82, 2.24) is 5.32 Å². The molecule has 14 heavy (non-hydrogen) atoms. The average Bonchev–Trinajstić information content (AvgIpc) is 2.21. The molecule has 0 saturated heterocycles. The van der Waals surface area contributed by atoms with Crippen LogP contribution in [0, 0.1) is 12.3 Å². The quantitative estimate of drug-likeness (QED) is 0.535. The molecule has 1 aliphatic carbocycles. The maximum absolute atomic E-state index is 5.68. The molecule has 1 N–H and O–H groups in total. The molecule has 0 amide bonds. The Hall–Kier alpha value is -0.520. The van der Waals surface area contributed by atoms with Gasteiger partial charge in [0.1, 0.15) is 0 Å². The first-order valence-electron chi connectivity index (χ1n) is 5.65. The Labute approximate surface area is 87.4 Å². The summed E-state index contributed by atoms with van der Waals surface area (Å²) in [5.41, 5.74) is 0. The van der Waals surface area contributed by atoms with E-state index < -0.39 is 0 Å². The van der Waals surface area contributed by atoms with Crippen LogP contribution in [-0.4, -0.2) is 25.3 Å². The third-order valence-electron chi connectivity index (χ3n) is 2.77. The van der Waals surface area contributed by atoms with Gasteiger partial charge in [-0.15, -0.1) is 12.3 Å². The Morgan fingerprint density at radius 3 is 2.64 bits per heavy atom. The first-order chi connectivity index (χ1) is 6.86. The van der Waals surface area contributed by atoms with Crippen molar-refractivity contribution in [1.29, 1.82) is 0 Å². The molecule has 0 aromatic rings. The molecule has 1 saturated carbocycles. The van der Waals surface area contributed by atoms with Gasteiger partial charge in [0.15, 0.2) is 0 Å². The lowest BCUT2D eigenvalue weighted by Crippen LogP contribution is -2.35. The van der Waals surface area contributed by atoms with Gasteiger partial charge in [0, 0.05) is 12.5 Å². The summed E-state index contributed by atoms with van der Waals surface area (Å²) in [6.07, 6.45) is 11.2. The van der Waals surface area contributed by atoms with E-state index in [1.165, 1.54) is 25.7 Å². The summed E-state index contributed by atoms with van der Waals surface area (Å²) in [4.78, 5) is 0. The minimum atomic E-state index is 0.457. The second-order valence-corrected chi connectivity index (χ2v) is 3.86. The van der Waals surface area contributed by atoms with Crippen LogP contribution in [0.4, 0.5) is 0 Å². The Morgan fingerprint density at radius 1 is 1.36 bits per heavy atom.